The van der Waals surface area contributed by atoms with Gasteiger partial charge in [-0.25, -0.2) is 9.59 Å². The molecule has 0 aliphatic rings. The fourth-order valence-electron chi connectivity index (χ4n) is 2.16. The molecule has 4 nitrogen and oxygen atoms in total. The molecule has 0 unspecified atom stereocenters. The zero-order valence-electron chi connectivity index (χ0n) is 12.9. The third kappa shape index (κ3) is 4.13. The molecule has 0 spiro atoms. The second kappa shape index (κ2) is 6.74. The third-order valence-electron chi connectivity index (χ3n) is 3.25. The van der Waals surface area contributed by atoms with E-state index in [9.17, 15) is 22.8 Å². The molecular formula is C17H14F3NO3. The van der Waals surface area contributed by atoms with E-state index < -0.39 is 18.2 Å². The third-order valence-corrected chi connectivity index (χ3v) is 3.25. The van der Waals surface area contributed by atoms with Crippen LogP contribution in [0.4, 0.5) is 23.7 Å². The zero-order valence-corrected chi connectivity index (χ0v) is 12.9. The lowest BCUT2D eigenvalue weighted by Gasteiger charge is -2.14. The highest BCUT2D eigenvalue weighted by atomic mass is 19.4. The number of anilines is 1. The molecular weight excluding hydrogens is 323 g/mol. The van der Waals surface area contributed by atoms with Crippen LogP contribution < -0.4 is 5.32 Å². The predicted molar refractivity (Wildman–Crippen MR) is 82.5 cm³/mol. The van der Waals surface area contributed by atoms with Crippen molar-refractivity contribution in [2.45, 2.75) is 20.0 Å². The quantitative estimate of drug-likeness (QED) is 0.643. The molecule has 2 aromatic rings. The minimum absolute atomic E-state index is 0.281. The van der Waals surface area contributed by atoms with Crippen molar-refractivity contribution in [3.63, 3.8) is 0 Å². The molecule has 0 saturated heterocycles. The van der Waals surface area contributed by atoms with Gasteiger partial charge in [0.15, 0.2) is 0 Å². The summed E-state index contributed by atoms with van der Waals surface area (Å²) in [5.74, 6) is -2.56. The van der Waals surface area contributed by atoms with Gasteiger partial charge in [0.25, 0.3) is 0 Å². The van der Waals surface area contributed by atoms with E-state index in [1.165, 1.54) is 0 Å². The summed E-state index contributed by atoms with van der Waals surface area (Å²) < 4.78 is 40.3. The Balaban J connectivity index is 2.31. The number of esters is 1. The standard InChI is InChI=1S/C17H14F3NO3/c1-10-5-3-7-12(9-10)13-8-4-6-11(2)14(13)21-16(23)24-15(22)17(18,19)20/h3-9H,1-2H3,(H,21,23). The van der Waals surface area contributed by atoms with E-state index in [0.717, 1.165) is 11.1 Å². The first-order chi connectivity index (χ1) is 11.2. The van der Waals surface area contributed by atoms with Crippen LogP contribution in [0.5, 0.6) is 0 Å². The fraction of sp³-hybridized carbons (Fsp3) is 0.176. The number of ether oxygens (including phenoxy) is 1. The van der Waals surface area contributed by atoms with E-state index in [0.29, 0.717) is 11.1 Å². The largest absolute Gasteiger partial charge is 0.491 e. The first-order valence-electron chi connectivity index (χ1n) is 6.95. The number of hydrogen-bond donors (Lipinski definition) is 1. The molecule has 24 heavy (non-hydrogen) atoms. The number of nitrogens with one attached hydrogen (secondary N) is 1. The molecule has 1 N–H and O–H groups in total. The molecule has 0 fully saturated rings. The molecule has 0 bridgehead atoms. The van der Waals surface area contributed by atoms with Gasteiger partial charge in [0, 0.05) is 5.56 Å². The van der Waals surface area contributed by atoms with Gasteiger partial charge in [-0.15, -0.1) is 0 Å². The van der Waals surface area contributed by atoms with Crippen molar-refractivity contribution >= 4 is 17.7 Å². The summed E-state index contributed by atoms with van der Waals surface area (Å²) in [6.07, 6.45) is -6.72. The van der Waals surface area contributed by atoms with Gasteiger partial charge in [-0.05, 0) is 25.0 Å². The number of carbonyl (C=O) groups excluding carboxylic acids is 2. The molecule has 0 radical (unpaired) electrons. The van der Waals surface area contributed by atoms with E-state index in [2.05, 4.69) is 10.1 Å². The van der Waals surface area contributed by atoms with E-state index in [-0.39, 0.29) is 5.69 Å². The number of hydrogen-bond acceptors (Lipinski definition) is 3. The Morgan fingerprint density at radius 1 is 1.04 bits per heavy atom. The number of halogens is 3. The molecule has 1 amide bonds. The van der Waals surface area contributed by atoms with Crippen LogP contribution in [0, 0.1) is 13.8 Å². The van der Waals surface area contributed by atoms with Crippen LogP contribution in [0.2, 0.25) is 0 Å². The first-order valence-corrected chi connectivity index (χ1v) is 6.95. The van der Waals surface area contributed by atoms with Crippen molar-refractivity contribution in [1.82, 2.24) is 0 Å². The van der Waals surface area contributed by atoms with E-state index in [4.69, 9.17) is 0 Å². The smallest absolute Gasteiger partial charge is 0.369 e. The van der Waals surface area contributed by atoms with Gasteiger partial charge in [-0.1, -0.05) is 48.0 Å². The average Bonchev–Trinajstić information content (AvgIpc) is 2.48. The minimum atomic E-state index is -5.23. The molecule has 0 heterocycles. The summed E-state index contributed by atoms with van der Waals surface area (Å²) in [4.78, 5) is 22.4. The zero-order chi connectivity index (χ0) is 17.9. The van der Waals surface area contributed by atoms with Crippen molar-refractivity contribution in [1.29, 1.82) is 0 Å². The molecule has 2 rings (SSSR count). The lowest BCUT2D eigenvalue weighted by molar-refractivity contribution is -0.192. The number of benzene rings is 2. The first kappa shape index (κ1) is 17.5. The van der Waals surface area contributed by atoms with Crippen molar-refractivity contribution in [2.75, 3.05) is 5.32 Å². The summed E-state index contributed by atoms with van der Waals surface area (Å²) in [7, 11) is 0. The van der Waals surface area contributed by atoms with E-state index in [1.54, 1.807) is 31.2 Å². The molecule has 0 aromatic heterocycles. The molecule has 0 aliphatic carbocycles. The molecule has 7 heteroatoms. The summed E-state index contributed by atoms with van der Waals surface area (Å²) >= 11 is 0. The number of para-hydroxylation sites is 1. The number of amides is 1. The Morgan fingerprint density at radius 2 is 1.71 bits per heavy atom. The Kier molecular flexibility index (Phi) is 4.92. The summed E-state index contributed by atoms with van der Waals surface area (Å²) in [6.45, 7) is 3.57. The minimum Gasteiger partial charge on any atom is -0.369 e. The van der Waals surface area contributed by atoms with Crippen LogP contribution in [0.25, 0.3) is 11.1 Å². The number of rotatable bonds is 2. The molecule has 126 valence electrons. The van der Waals surface area contributed by atoms with Gasteiger partial charge in [0.05, 0.1) is 5.69 Å². The summed E-state index contributed by atoms with van der Waals surface area (Å²) in [5.41, 5.74) is 3.26. The maximum absolute atomic E-state index is 12.2. The summed E-state index contributed by atoms with van der Waals surface area (Å²) in [6, 6.07) is 12.5. The van der Waals surface area contributed by atoms with E-state index in [1.807, 2.05) is 25.1 Å². The maximum Gasteiger partial charge on any atom is 0.491 e. The average molecular weight is 337 g/mol. The number of carbonyl (C=O) groups is 2. The predicted octanol–water partition coefficient (Wildman–Crippen LogP) is 4.61. The number of aryl methyl sites for hydroxylation is 2. The van der Waals surface area contributed by atoms with Crippen molar-refractivity contribution in [3.8, 4) is 11.1 Å². The van der Waals surface area contributed by atoms with E-state index >= 15 is 0 Å². The second-order valence-corrected chi connectivity index (χ2v) is 5.17. The van der Waals surface area contributed by atoms with Crippen molar-refractivity contribution < 1.29 is 27.5 Å². The summed E-state index contributed by atoms with van der Waals surface area (Å²) in [5, 5.41) is 2.22. The normalized spacial score (nSPS) is 11.0. The SMILES string of the molecule is Cc1cccc(-c2cccc(C)c2NC(=O)OC(=O)C(F)(F)F)c1. The Morgan fingerprint density at radius 3 is 2.33 bits per heavy atom. The van der Waals surface area contributed by atoms with Gasteiger partial charge >= 0.3 is 18.2 Å². The van der Waals surface area contributed by atoms with Crippen LogP contribution in [0.1, 0.15) is 11.1 Å². The monoisotopic (exact) mass is 337 g/mol. The van der Waals surface area contributed by atoms with Crippen LogP contribution in [-0.2, 0) is 9.53 Å². The Bertz CT molecular complexity index is 785. The van der Waals surface area contributed by atoms with Crippen LogP contribution in [0.15, 0.2) is 42.5 Å². The lowest BCUT2D eigenvalue weighted by Crippen LogP contribution is -2.30. The van der Waals surface area contributed by atoms with Crippen LogP contribution >= 0.6 is 0 Å². The van der Waals surface area contributed by atoms with Gasteiger partial charge in [0.2, 0.25) is 0 Å². The number of alkyl halides is 3. The highest BCUT2D eigenvalue weighted by Gasteiger charge is 2.42. The van der Waals surface area contributed by atoms with Crippen molar-refractivity contribution in [2.24, 2.45) is 0 Å². The highest BCUT2D eigenvalue weighted by Crippen LogP contribution is 2.31. The van der Waals surface area contributed by atoms with Gasteiger partial charge in [-0.2, -0.15) is 13.2 Å². The van der Waals surface area contributed by atoms with Crippen molar-refractivity contribution in [3.05, 3.63) is 53.6 Å². The highest BCUT2D eigenvalue weighted by molar-refractivity contribution is 5.98. The van der Waals surface area contributed by atoms with Crippen LogP contribution in [0.3, 0.4) is 0 Å². The fourth-order valence-corrected chi connectivity index (χ4v) is 2.16. The Hall–Kier alpha value is -2.83. The Labute approximate surface area is 136 Å². The second-order valence-electron chi connectivity index (χ2n) is 5.17. The molecule has 0 atom stereocenters. The lowest BCUT2D eigenvalue weighted by atomic mass is 9.99. The molecule has 0 saturated carbocycles. The molecule has 0 aliphatic heterocycles. The van der Waals surface area contributed by atoms with Gasteiger partial charge < -0.3 is 4.74 Å². The maximum atomic E-state index is 12.2. The molecule has 2 aromatic carbocycles. The van der Waals surface area contributed by atoms with Gasteiger partial charge in [-0.3, -0.25) is 5.32 Å². The van der Waals surface area contributed by atoms with Crippen LogP contribution in [-0.4, -0.2) is 18.2 Å². The topological polar surface area (TPSA) is 55.4 Å². The van der Waals surface area contributed by atoms with Gasteiger partial charge in [0.1, 0.15) is 0 Å².